The Morgan fingerprint density at radius 3 is 2.60 bits per heavy atom. The minimum absolute atomic E-state index is 0.163. The van der Waals surface area contributed by atoms with E-state index in [2.05, 4.69) is 9.98 Å². The molecule has 7 nitrogen and oxygen atoms in total. The molecule has 0 radical (unpaired) electrons. The Balaban J connectivity index is 1.58. The van der Waals surface area contributed by atoms with Crippen molar-refractivity contribution in [3.8, 4) is 11.5 Å². The molecule has 1 aromatic heterocycles. The van der Waals surface area contributed by atoms with Crippen LogP contribution in [0.3, 0.4) is 0 Å². The maximum Gasteiger partial charge on any atom is 0.363 e. The number of methoxy groups -OCH3 is 1. The van der Waals surface area contributed by atoms with E-state index in [0.717, 1.165) is 0 Å². The fourth-order valence-corrected chi connectivity index (χ4v) is 2.77. The van der Waals surface area contributed by atoms with Crippen molar-refractivity contribution < 1.29 is 23.8 Å². The van der Waals surface area contributed by atoms with E-state index in [1.165, 1.54) is 13.3 Å². The monoisotopic (exact) mass is 400 g/mol. The average molecular weight is 400 g/mol. The molecule has 0 saturated carbocycles. The minimum atomic E-state index is -0.552. The standard InChI is InChI=1S/C23H16N2O5/c1-28-20-13-15(9-10-19(20)29-22(26)17-8-5-11-24-14-17)12-18-23(27)30-21(25-18)16-6-3-2-4-7-16/h2-14H,1H3/b18-12+. The van der Waals surface area contributed by atoms with Crippen LogP contribution in [0.4, 0.5) is 0 Å². The highest BCUT2D eigenvalue weighted by molar-refractivity contribution is 6.12. The summed E-state index contributed by atoms with van der Waals surface area (Å²) in [4.78, 5) is 32.6. The van der Waals surface area contributed by atoms with Gasteiger partial charge in [-0.1, -0.05) is 24.3 Å². The molecule has 0 atom stereocenters. The molecular weight excluding hydrogens is 384 g/mol. The van der Waals surface area contributed by atoms with E-state index >= 15 is 0 Å². The van der Waals surface area contributed by atoms with Crippen LogP contribution in [-0.2, 0) is 9.53 Å². The minimum Gasteiger partial charge on any atom is -0.493 e. The maximum absolute atomic E-state index is 12.3. The van der Waals surface area contributed by atoms with Crippen molar-refractivity contribution in [3.63, 3.8) is 0 Å². The molecule has 0 spiro atoms. The summed E-state index contributed by atoms with van der Waals surface area (Å²) in [5, 5.41) is 0. The number of esters is 2. The molecule has 4 rings (SSSR count). The van der Waals surface area contributed by atoms with Gasteiger partial charge in [0.2, 0.25) is 5.90 Å². The summed E-state index contributed by atoms with van der Waals surface area (Å²) in [6.45, 7) is 0. The first-order valence-corrected chi connectivity index (χ1v) is 9.02. The van der Waals surface area contributed by atoms with E-state index < -0.39 is 11.9 Å². The molecule has 0 bridgehead atoms. The van der Waals surface area contributed by atoms with Gasteiger partial charge in [0.25, 0.3) is 0 Å². The first kappa shape index (κ1) is 19.1. The third-order valence-electron chi connectivity index (χ3n) is 4.23. The average Bonchev–Trinajstić information content (AvgIpc) is 3.16. The molecule has 0 fully saturated rings. The van der Waals surface area contributed by atoms with Gasteiger partial charge in [-0.3, -0.25) is 4.98 Å². The molecule has 3 aromatic rings. The number of nitrogens with zero attached hydrogens (tertiary/aromatic N) is 2. The van der Waals surface area contributed by atoms with Crippen LogP contribution in [0.2, 0.25) is 0 Å². The normalized spacial score (nSPS) is 14.2. The topological polar surface area (TPSA) is 87.1 Å². The number of aliphatic imine (C=N–C) groups is 1. The van der Waals surface area contributed by atoms with Crippen LogP contribution in [0.5, 0.6) is 11.5 Å². The first-order chi connectivity index (χ1) is 14.6. The second-order valence-corrected chi connectivity index (χ2v) is 6.24. The summed E-state index contributed by atoms with van der Waals surface area (Å²) < 4.78 is 16.0. The van der Waals surface area contributed by atoms with E-state index in [0.29, 0.717) is 22.4 Å². The number of hydrogen-bond acceptors (Lipinski definition) is 7. The van der Waals surface area contributed by atoms with E-state index in [-0.39, 0.29) is 17.3 Å². The second kappa shape index (κ2) is 8.40. The van der Waals surface area contributed by atoms with Gasteiger partial charge in [-0.05, 0) is 48.0 Å². The number of pyridine rings is 1. The molecule has 0 amide bonds. The highest BCUT2D eigenvalue weighted by Crippen LogP contribution is 2.30. The largest absolute Gasteiger partial charge is 0.493 e. The number of rotatable bonds is 5. The summed E-state index contributed by atoms with van der Waals surface area (Å²) >= 11 is 0. The van der Waals surface area contributed by atoms with Gasteiger partial charge in [-0.25, -0.2) is 14.6 Å². The fourth-order valence-electron chi connectivity index (χ4n) is 2.77. The third kappa shape index (κ3) is 4.10. The number of ether oxygens (including phenoxy) is 3. The molecule has 148 valence electrons. The van der Waals surface area contributed by atoms with E-state index in [9.17, 15) is 9.59 Å². The van der Waals surface area contributed by atoms with Crippen LogP contribution in [0.15, 0.2) is 83.7 Å². The molecule has 1 aliphatic rings. The zero-order chi connectivity index (χ0) is 20.9. The summed E-state index contributed by atoms with van der Waals surface area (Å²) in [6.07, 6.45) is 4.56. The number of carbonyl (C=O) groups excluding carboxylic acids is 2. The van der Waals surface area contributed by atoms with Gasteiger partial charge in [0.1, 0.15) is 0 Å². The number of cyclic esters (lactones) is 1. The summed E-state index contributed by atoms with van der Waals surface area (Å²) in [5.74, 6) is -0.263. The van der Waals surface area contributed by atoms with E-state index in [4.69, 9.17) is 14.2 Å². The Morgan fingerprint density at radius 2 is 1.87 bits per heavy atom. The number of benzene rings is 2. The van der Waals surface area contributed by atoms with Gasteiger partial charge in [0, 0.05) is 18.0 Å². The molecule has 30 heavy (non-hydrogen) atoms. The Hall–Kier alpha value is -4.26. The quantitative estimate of drug-likeness (QED) is 0.369. The van der Waals surface area contributed by atoms with Gasteiger partial charge in [-0.2, -0.15) is 0 Å². The zero-order valence-electron chi connectivity index (χ0n) is 15.9. The van der Waals surface area contributed by atoms with Gasteiger partial charge < -0.3 is 14.2 Å². The number of hydrogen-bond donors (Lipinski definition) is 0. The lowest BCUT2D eigenvalue weighted by molar-refractivity contribution is -0.129. The lowest BCUT2D eigenvalue weighted by Crippen LogP contribution is -2.09. The molecule has 1 aliphatic heterocycles. The summed E-state index contributed by atoms with van der Waals surface area (Å²) in [6, 6.07) is 17.3. The molecular formula is C23H16N2O5. The maximum atomic E-state index is 12.3. The van der Waals surface area contributed by atoms with Crippen LogP contribution in [0, 0.1) is 0 Å². The van der Waals surface area contributed by atoms with Crippen LogP contribution in [0.1, 0.15) is 21.5 Å². The van der Waals surface area contributed by atoms with Crippen LogP contribution >= 0.6 is 0 Å². The van der Waals surface area contributed by atoms with Crippen molar-refractivity contribution in [3.05, 3.63) is 95.4 Å². The predicted molar refractivity (Wildman–Crippen MR) is 109 cm³/mol. The summed E-state index contributed by atoms with van der Waals surface area (Å²) in [7, 11) is 1.46. The molecule has 7 heteroatoms. The third-order valence-corrected chi connectivity index (χ3v) is 4.23. The van der Waals surface area contributed by atoms with Gasteiger partial charge in [0.05, 0.1) is 12.7 Å². The van der Waals surface area contributed by atoms with Crippen LogP contribution in [-0.4, -0.2) is 29.9 Å². The van der Waals surface area contributed by atoms with E-state index in [1.54, 1.807) is 42.6 Å². The number of carbonyl (C=O) groups is 2. The molecule has 2 heterocycles. The highest BCUT2D eigenvalue weighted by atomic mass is 16.6. The highest BCUT2D eigenvalue weighted by Gasteiger charge is 2.24. The Bertz CT molecular complexity index is 1150. The van der Waals surface area contributed by atoms with Crippen molar-refractivity contribution in [1.82, 2.24) is 4.98 Å². The van der Waals surface area contributed by atoms with Gasteiger partial charge in [0.15, 0.2) is 17.2 Å². The van der Waals surface area contributed by atoms with Crippen LogP contribution < -0.4 is 9.47 Å². The SMILES string of the molecule is COc1cc(/C=C2/N=C(c3ccccc3)OC2=O)ccc1OC(=O)c1cccnc1. The van der Waals surface area contributed by atoms with Crippen molar-refractivity contribution in [2.75, 3.05) is 7.11 Å². The molecule has 0 N–H and O–H groups in total. The molecule has 2 aromatic carbocycles. The lowest BCUT2D eigenvalue weighted by atomic mass is 10.1. The second-order valence-electron chi connectivity index (χ2n) is 6.24. The molecule has 0 aliphatic carbocycles. The van der Waals surface area contributed by atoms with Crippen molar-refractivity contribution in [2.45, 2.75) is 0 Å². The fraction of sp³-hybridized carbons (Fsp3) is 0.0435. The molecule has 0 saturated heterocycles. The first-order valence-electron chi connectivity index (χ1n) is 9.02. The van der Waals surface area contributed by atoms with Crippen molar-refractivity contribution >= 4 is 23.9 Å². The van der Waals surface area contributed by atoms with Crippen molar-refractivity contribution in [2.24, 2.45) is 4.99 Å². The lowest BCUT2D eigenvalue weighted by Gasteiger charge is -2.10. The Morgan fingerprint density at radius 1 is 1.03 bits per heavy atom. The molecule has 0 unspecified atom stereocenters. The van der Waals surface area contributed by atoms with Gasteiger partial charge in [-0.15, -0.1) is 0 Å². The zero-order valence-corrected chi connectivity index (χ0v) is 15.9. The Kier molecular flexibility index (Phi) is 5.34. The summed E-state index contributed by atoms with van der Waals surface area (Å²) in [5.41, 5.74) is 1.83. The van der Waals surface area contributed by atoms with Crippen LogP contribution in [0.25, 0.3) is 6.08 Å². The van der Waals surface area contributed by atoms with Gasteiger partial charge >= 0.3 is 11.9 Å². The number of aromatic nitrogens is 1. The smallest absolute Gasteiger partial charge is 0.363 e. The Labute approximate surface area is 172 Å². The predicted octanol–water partition coefficient (Wildman–Crippen LogP) is 3.65. The van der Waals surface area contributed by atoms with E-state index in [1.807, 2.05) is 30.3 Å². The van der Waals surface area contributed by atoms with Crippen molar-refractivity contribution in [1.29, 1.82) is 0 Å².